The summed E-state index contributed by atoms with van der Waals surface area (Å²) in [6, 6.07) is 2.02. The normalized spacial score (nSPS) is 16.1. The van der Waals surface area contributed by atoms with Crippen LogP contribution in [0.25, 0.3) is 0 Å². The Morgan fingerprint density at radius 3 is 2.79 bits per heavy atom. The van der Waals surface area contributed by atoms with Crippen molar-refractivity contribution in [1.29, 1.82) is 0 Å². The molecule has 3 rings (SSSR count). The third kappa shape index (κ3) is 3.52. The van der Waals surface area contributed by atoms with Gasteiger partial charge in [0.2, 0.25) is 0 Å². The van der Waals surface area contributed by atoms with E-state index in [1.807, 2.05) is 21.0 Å². The number of thiazole rings is 1. The molecule has 1 amide bonds. The van der Waals surface area contributed by atoms with E-state index < -0.39 is 0 Å². The van der Waals surface area contributed by atoms with Crippen LogP contribution >= 0.6 is 11.3 Å². The van der Waals surface area contributed by atoms with Crippen molar-refractivity contribution in [3.63, 3.8) is 0 Å². The molecule has 2 aromatic heterocycles. The summed E-state index contributed by atoms with van der Waals surface area (Å²) >= 11 is 1.56. The van der Waals surface area contributed by atoms with E-state index in [-0.39, 0.29) is 12.5 Å². The van der Waals surface area contributed by atoms with Crippen molar-refractivity contribution >= 4 is 17.2 Å². The maximum Gasteiger partial charge on any atom is 0.273 e. The van der Waals surface area contributed by atoms with Crippen LogP contribution in [-0.4, -0.2) is 50.4 Å². The number of likely N-dealkylation sites (tertiary alicyclic amines) is 1. The number of aromatic nitrogens is 3. The van der Waals surface area contributed by atoms with Crippen LogP contribution in [0.2, 0.25) is 0 Å². The summed E-state index contributed by atoms with van der Waals surface area (Å²) in [4.78, 5) is 19.0. The molecule has 0 atom stereocenters. The molecule has 0 saturated carbocycles. The molecule has 0 radical (unpaired) electrons. The molecule has 1 fully saturated rings. The minimum absolute atomic E-state index is 0.0421. The van der Waals surface area contributed by atoms with Crippen LogP contribution in [0.5, 0.6) is 0 Å². The van der Waals surface area contributed by atoms with Gasteiger partial charge in [-0.05, 0) is 18.9 Å². The molecule has 1 aliphatic heterocycles. The van der Waals surface area contributed by atoms with Gasteiger partial charge in [-0.25, -0.2) is 4.98 Å². The number of rotatable bonds is 5. The molecule has 0 spiro atoms. The van der Waals surface area contributed by atoms with Gasteiger partial charge >= 0.3 is 0 Å². The second-order valence-corrected chi connectivity index (χ2v) is 7.38. The lowest BCUT2D eigenvalue weighted by atomic mass is 9.93. The Morgan fingerprint density at radius 1 is 1.42 bits per heavy atom. The van der Waals surface area contributed by atoms with Crippen molar-refractivity contribution in [3.05, 3.63) is 34.0 Å². The Labute approximate surface area is 146 Å². The van der Waals surface area contributed by atoms with Gasteiger partial charge in [0, 0.05) is 42.2 Å². The highest BCUT2D eigenvalue weighted by molar-refractivity contribution is 7.09. The van der Waals surface area contributed by atoms with E-state index >= 15 is 0 Å². The fourth-order valence-corrected chi connectivity index (χ4v) is 3.97. The highest BCUT2D eigenvalue weighted by atomic mass is 32.1. The van der Waals surface area contributed by atoms with Crippen molar-refractivity contribution in [3.8, 4) is 0 Å². The Balaban J connectivity index is 1.62. The fraction of sp³-hybridized carbons (Fsp3) is 0.588. The van der Waals surface area contributed by atoms with Gasteiger partial charge in [0.15, 0.2) is 0 Å². The number of carbonyl (C=O) groups excluding carboxylic acids is 1. The molecular weight excluding hydrogens is 324 g/mol. The minimum Gasteiger partial charge on any atom is -0.394 e. The molecular formula is C17H24N4O2S. The van der Waals surface area contributed by atoms with Gasteiger partial charge in [-0.1, -0.05) is 13.8 Å². The summed E-state index contributed by atoms with van der Waals surface area (Å²) in [6.45, 7) is 6.28. The Bertz CT molecular complexity index is 686. The molecule has 0 aliphatic carbocycles. The number of hydrogen-bond acceptors (Lipinski definition) is 5. The highest BCUT2D eigenvalue weighted by Crippen LogP contribution is 2.29. The number of hydrogen-bond donors (Lipinski definition) is 1. The van der Waals surface area contributed by atoms with E-state index in [4.69, 9.17) is 5.11 Å². The van der Waals surface area contributed by atoms with Crippen LogP contribution in [0.1, 0.15) is 59.7 Å². The first kappa shape index (κ1) is 17.1. The van der Waals surface area contributed by atoms with Crippen LogP contribution in [0.4, 0.5) is 0 Å². The van der Waals surface area contributed by atoms with Crippen molar-refractivity contribution in [2.24, 2.45) is 0 Å². The topological polar surface area (TPSA) is 71.2 Å². The monoisotopic (exact) mass is 348 g/mol. The second kappa shape index (κ2) is 7.44. The summed E-state index contributed by atoms with van der Waals surface area (Å²) < 4.78 is 1.87. The number of nitrogens with zero attached hydrogens (tertiary/aromatic N) is 4. The predicted octanol–water partition coefficient (Wildman–Crippen LogP) is 2.48. The predicted molar refractivity (Wildman–Crippen MR) is 93.4 cm³/mol. The number of aliphatic hydroxyl groups is 1. The smallest absolute Gasteiger partial charge is 0.273 e. The van der Waals surface area contributed by atoms with Gasteiger partial charge in [-0.2, -0.15) is 5.10 Å². The number of aliphatic hydroxyl groups excluding tert-OH is 1. The zero-order valence-electron chi connectivity index (χ0n) is 14.2. The maximum absolute atomic E-state index is 12.6. The zero-order valence-corrected chi connectivity index (χ0v) is 15.0. The van der Waals surface area contributed by atoms with Crippen LogP contribution in [0, 0.1) is 0 Å². The van der Waals surface area contributed by atoms with Gasteiger partial charge in [0.1, 0.15) is 5.69 Å². The molecule has 0 aromatic carbocycles. The van der Waals surface area contributed by atoms with E-state index in [1.54, 1.807) is 17.5 Å². The van der Waals surface area contributed by atoms with E-state index in [9.17, 15) is 4.79 Å². The average Bonchev–Trinajstić information content (AvgIpc) is 3.24. The third-order valence-electron chi connectivity index (χ3n) is 4.50. The maximum atomic E-state index is 12.6. The van der Waals surface area contributed by atoms with E-state index in [0.29, 0.717) is 24.1 Å². The third-order valence-corrected chi connectivity index (χ3v) is 5.64. The fourth-order valence-electron chi connectivity index (χ4n) is 3.16. The lowest BCUT2D eigenvalue weighted by Gasteiger charge is -2.31. The quantitative estimate of drug-likeness (QED) is 0.901. The first-order chi connectivity index (χ1) is 11.6. The van der Waals surface area contributed by atoms with Gasteiger partial charge in [0.05, 0.1) is 18.2 Å². The summed E-state index contributed by atoms with van der Waals surface area (Å²) in [5, 5.41) is 16.3. The van der Waals surface area contributed by atoms with Gasteiger partial charge in [-0.15, -0.1) is 11.3 Å². The molecule has 3 heterocycles. The number of amides is 1. The Kier molecular flexibility index (Phi) is 5.30. The van der Waals surface area contributed by atoms with Crippen LogP contribution < -0.4 is 0 Å². The largest absolute Gasteiger partial charge is 0.394 e. The van der Waals surface area contributed by atoms with E-state index in [1.165, 1.54) is 0 Å². The summed E-state index contributed by atoms with van der Waals surface area (Å²) in [7, 11) is 0. The standard InChI is InChI=1S/C17H24N4O2S/c1-12(2)16-19-14(11-24-16)17(23)20-7-4-13(5-8-20)15-3-6-18-21(15)9-10-22/h3,6,11-13,22H,4-5,7-10H2,1-2H3. The molecule has 0 bridgehead atoms. The molecule has 1 aliphatic rings. The van der Waals surface area contributed by atoms with Gasteiger partial charge in [-0.3, -0.25) is 9.48 Å². The molecule has 130 valence electrons. The number of carbonyl (C=O) groups is 1. The molecule has 2 aromatic rings. The van der Waals surface area contributed by atoms with Crippen molar-refractivity contribution in [2.45, 2.75) is 45.1 Å². The average molecular weight is 348 g/mol. The van der Waals surface area contributed by atoms with Crippen LogP contribution in [0.3, 0.4) is 0 Å². The summed E-state index contributed by atoms with van der Waals surface area (Å²) in [5.41, 5.74) is 1.74. The molecule has 6 nitrogen and oxygen atoms in total. The second-order valence-electron chi connectivity index (χ2n) is 6.49. The zero-order chi connectivity index (χ0) is 17.1. The van der Waals surface area contributed by atoms with Crippen molar-refractivity contribution < 1.29 is 9.90 Å². The number of piperidine rings is 1. The van der Waals surface area contributed by atoms with E-state index in [2.05, 4.69) is 23.9 Å². The minimum atomic E-state index is 0.0421. The SMILES string of the molecule is CC(C)c1nc(C(=O)N2CCC(c3ccnn3CCO)CC2)cs1. The van der Waals surface area contributed by atoms with E-state index in [0.717, 1.165) is 36.6 Å². The first-order valence-electron chi connectivity index (χ1n) is 8.47. The van der Waals surface area contributed by atoms with Crippen molar-refractivity contribution in [2.75, 3.05) is 19.7 Å². The van der Waals surface area contributed by atoms with Crippen LogP contribution in [-0.2, 0) is 6.54 Å². The summed E-state index contributed by atoms with van der Waals surface area (Å²) in [6.07, 6.45) is 3.62. The van der Waals surface area contributed by atoms with Crippen molar-refractivity contribution in [1.82, 2.24) is 19.7 Å². The molecule has 1 saturated heterocycles. The first-order valence-corrected chi connectivity index (χ1v) is 9.35. The molecule has 1 N–H and O–H groups in total. The lowest BCUT2D eigenvalue weighted by Crippen LogP contribution is -2.38. The van der Waals surface area contributed by atoms with Gasteiger partial charge in [0.25, 0.3) is 5.91 Å². The molecule has 24 heavy (non-hydrogen) atoms. The summed E-state index contributed by atoms with van der Waals surface area (Å²) in [5.74, 6) is 0.791. The molecule has 7 heteroatoms. The van der Waals surface area contributed by atoms with Gasteiger partial charge < -0.3 is 10.0 Å². The molecule has 0 unspecified atom stereocenters. The highest BCUT2D eigenvalue weighted by Gasteiger charge is 2.27. The lowest BCUT2D eigenvalue weighted by molar-refractivity contribution is 0.0705. The van der Waals surface area contributed by atoms with Crippen LogP contribution in [0.15, 0.2) is 17.6 Å². The Hall–Kier alpha value is -1.73. The Morgan fingerprint density at radius 2 is 2.17 bits per heavy atom.